The number of sulfonamides is 1. The Hall–Kier alpha value is -2.59. The Morgan fingerprint density at radius 2 is 1.86 bits per heavy atom. The smallest absolute Gasteiger partial charge is 0.240 e. The lowest BCUT2D eigenvalue weighted by Gasteiger charge is -2.16. The van der Waals surface area contributed by atoms with Gasteiger partial charge in [0.2, 0.25) is 15.9 Å². The predicted octanol–water partition coefficient (Wildman–Crippen LogP) is 1.94. The maximum atomic E-state index is 13.2. The lowest BCUT2D eigenvalue weighted by atomic mass is 10.2. The number of aromatic nitrogens is 1. The molecule has 0 aliphatic carbocycles. The molecule has 156 valence electrons. The number of rotatable bonds is 8. The van der Waals surface area contributed by atoms with Gasteiger partial charge in [-0.2, -0.15) is 0 Å². The number of anilines is 1. The van der Waals surface area contributed by atoms with Crippen LogP contribution in [0.15, 0.2) is 41.4 Å². The van der Waals surface area contributed by atoms with Crippen LogP contribution in [0.2, 0.25) is 0 Å². The van der Waals surface area contributed by atoms with E-state index in [9.17, 15) is 22.0 Å². The maximum absolute atomic E-state index is 13.2. The molecular weight excluding hydrogens is 402 g/mol. The Kier molecular flexibility index (Phi) is 6.75. The number of hydrogen-bond donors (Lipinski definition) is 2. The quantitative estimate of drug-likeness (QED) is 0.676. The Bertz CT molecular complexity index is 962. The number of hydrogen-bond acceptors (Lipinski definition) is 5. The van der Waals surface area contributed by atoms with E-state index >= 15 is 0 Å². The summed E-state index contributed by atoms with van der Waals surface area (Å²) in [4.78, 5) is 18.1. The summed E-state index contributed by atoms with van der Waals surface area (Å²) >= 11 is 0. The zero-order valence-corrected chi connectivity index (χ0v) is 16.5. The largest absolute Gasteiger partial charge is 0.357 e. The highest BCUT2D eigenvalue weighted by atomic mass is 32.2. The van der Waals surface area contributed by atoms with Crippen LogP contribution in [0, 0.1) is 11.6 Å². The number of nitrogens with one attached hydrogen (secondary N) is 2. The number of pyridine rings is 1. The van der Waals surface area contributed by atoms with Crippen LogP contribution in [0.25, 0.3) is 0 Å². The number of nitrogens with zero attached hydrogens (tertiary/aromatic N) is 2. The van der Waals surface area contributed by atoms with E-state index in [1.807, 2.05) is 12.1 Å². The Morgan fingerprint density at radius 3 is 2.52 bits per heavy atom. The number of halogens is 2. The van der Waals surface area contributed by atoms with Crippen molar-refractivity contribution < 1.29 is 22.0 Å². The molecule has 1 aromatic heterocycles. The van der Waals surface area contributed by atoms with Crippen molar-refractivity contribution in [2.24, 2.45) is 0 Å². The predicted molar refractivity (Wildman–Crippen MR) is 104 cm³/mol. The molecule has 1 aromatic carbocycles. The summed E-state index contributed by atoms with van der Waals surface area (Å²) < 4.78 is 52.4. The van der Waals surface area contributed by atoms with Gasteiger partial charge in [-0.05, 0) is 42.7 Å². The third-order valence-corrected chi connectivity index (χ3v) is 6.03. The number of carbonyl (C=O) groups is 1. The first-order valence-corrected chi connectivity index (χ1v) is 10.7. The number of carbonyl (C=O) groups excluding carboxylic acids is 1. The summed E-state index contributed by atoms with van der Waals surface area (Å²) in [6.45, 7) is 2.12. The van der Waals surface area contributed by atoms with Crippen molar-refractivity contribution in [1.29, 1.82) is 0 Å². The van der Waals surface area contributed by atoms with Gasteiger partial charge in [-0.25, -0.2) is 26.9 Å². The molecule has 2 N–H and O–H groups in total. The molecule has 1 aliphatic heterocycles. The topological polar surface area (TPSA) is 91.4 Å². The lowest BCUT2D eigenvalue weighted by Crippen LogP contribution is -2.30. The molecule has 0 unspecified atom stereocenters. The van der Waals surface area contributed by atoms with Crippen molar-refractivity contribution in [1.82, 2.24) is 15.0 Å². The minimum Gasteiger partial charge on any atom is -0.357 e. The minimum atomic E-state index is -4.03. The van der Waals surface area contributed by atoms with Crippen molar-refractivity contribution in [3.63, 3.8) is 0 Å². The second kappa shape index (κ2) is 9.27. The molecule has 29 heavy (non-hydrogen) atoms. The van der Waals surface area contributed by atoms with E-state index in [4.69, 9.17) is 0 Å². The van der Waals surface area contributed by atoms with Gasteiger partial charge in [-0.1, -0.05) is 6.07 Å². The molecule has 1 amide bonds. The van der Waals surface area contributed by atoms with Crippen LogP contribution in [0.1, 0.15) is 24.8 Å². The standard InChI is InChI=1S/C19H22F2N4O3S/c20-16-5-4-15(11-17(16)21)29(27,28)24-8-7-19(26)23-13-14-3-6-18(22-12-14)25-9-1-2-10-25/h3-6,11-12,24H,1-2,7-10,13H2,(H,23,26). The Labute approximate surface area is 168 Å². The summed E-state index contributed by atoms with van der Waals surface area (Å²) in [5.41, 5.74) is 0.837. The van der Waals surface area contributed by atoms with E-state index in [1.165, 1.54) is 12.8 Å². The highest BCUT2D eigenvalue weighted by Gasteiger charge is 2.17. The fourth-order valence-electron chi connectivity index (χ4n) is 2.97. The van der Waals surface area contributed by atoms with E-state index in [0.717, 1.165) is 36.6 Å². The molecule has 1 aliphatic rings. The third-order valence-electron chi connectivity index (χ3n) is 4.57. The molecule has 1 fully saturated rings. The summed E-state index contributed by atoms with van der Waals surface area (Å²) in [5.74, 6) is -1.81. The Balaban J connectivity index is 1.43. The van der Waals surface area contributed by atoms with E-state index in [-0.39, 0.29) is 25.4 Å². The van der Waals surface area contributed by atoms with Crippen molar-refractivity contribution in [3.05, 3.63) is 53.7 Å². The normalized spacial score (nSPS) is 14.2. The highest BCUT2D eigenvalue weighted by molar-refractivity contribution is 7.89. The van der Waals surface area contributed by atoms with Gasteiger partial charge in [0.25, 0.3) is 0 Å². The first kappa shape index (κ1) is 21.1. The summed E-state index contributed by atoms with van der Waals surface area (Å²) in [5, 5.41) is 2.69. The zero-order chi connectivity index (χ0) is 20.9. The molecule has 2 heterocycles. The molecule has 3 rings (SSSR count). The Morgan fingerprint density at radius 1 is 1.10 bits per heavy atom. The zero-order valence-electron chi connectivity index (χ0n) is 15.7. The summed E-state index contributed by atoms with van der Waals surface area (Å²) in [6, 6.07) is 6.10. The van der Waals surface area contributed by atoms with Crippen molar-refractivity contribution in [2.75, 3.05) is 24.5 Å². The average Bonchev–Trinajstić information content (AvgIpc) is 3.23. The summed E-state index contributed by atoms with van der Waals surface area (Å²) in [6.07, 6.45) is 3.95. The fourth-order valence-corrected chi connectivity index (χ4v) is 4.01. The van der Waals surface area contributed by atoms with Crippen LogP contribution in [-0.4, -0.2) is 38.9 Å². The number of amides is 1. The molecule has 0 atom stereocenters. The molecule has 1 saturated heterocycles. The second-order valence-electron chi connectivity index (χ2n) is 6.72. The number of benzene rings is 1. The first-order chi connectivity index (χ1) is 13.8. The monoisotopic (exact) mass is 424 g/mol. The summed E-state index contributed by atoms with van der Waals surface area (Å²) in [7, 11) is -4.03. The average molecular weight is 424 g/mol. The van der Waals surface area contributed by atoms with E-state index in [2.05, 4.69) is 19.9 Å². The molecule has 0 saturated carbocycles. The van der Waals surface area contributed by atoms with Gasteiger partial charge in [0.15, 0.2) is 11.6 Å². The van der Waals surface area contributed by atoms with Gasteiger partial charge in [0.05, 0.1) is 4.90 Å². The van der Waals surface area contributed by atoms with E-state index in [1.54, 1.807) is 6.20 Å². The van der Waals surface area contributed by atoms with Crippen molar-refractivity contribution in [2.45, 2.75) is 30.7 Å². The minimum absolute atomic E-state index is 0.0950. The van der Waals surface area contributed by atoms with Gasteiger partial charge in [0, 0.05) is 38.8 Å². The van der Waals surface area contributed by atoms with Crippen LogP contribution in [0.3, 0.4) is 0 Å². The van der Waals surface area contributed by atoms with Crippen LogP contribution < -0.4 is 14.9 Å². The SMILES string of the molecule is O=C(CCNS(=O)(=O)c1ccc(F)c(F)c1)NCc1ccc(N2CCCC2)nc1. The van der Waals surface area contributed by atoms with Crippen molar-refractivity contribution >= 4 is 21.7 Å². The van der Waals surface area contributed by atoms with E-state index < -0.39 is 26.6 Å². The third kappa shape index (κ3) is 5.70. The molecule has 2 aromatic rings. The van der Waals surface area contributed by atoms with Crippen LogP contribution >= 0.6 is 0 Å². The molecular formula is C19H22F2N4O3S. The van der Waals surface area contributed by atoms with Gasteiger partial charge in [-0.3, -0.25) is 4.79 Å². The van der Waals surface area contributed by atoms with Crippen molar-refractivity contribution in [3.8, 4) is 0 Å². The lowest BCUT2D eigenvalue weighted by molar-refractivity contribution is -0.121. The first-order valence-electron chi connectivity index (χ1n) is 9.26. The molecule has 7 nitrogen and oxygen atoms in total. The van der Waals surface area contributed by atoms with Gasteiger partial charge >= 0.3 is 0 Å². The van der Waals surface area contributed by atoms with Crippen LogP contribution in [-0.2, 0) is 21.4 Å². The van der Waals surface area contributed by atoms with Gasteiger partial charge < -0.3 is 10.2 Å². The molecule has 10 heteroatoms. The van der Waals surface area contributed by atoms with Gasteiger partial charge in [-0.15, -0.1) is 0 Å². The highest BCUT2D eigenvalue weighted by Crippen LogP contribution is 2.17. The van der Waals surface area contributed by atoms with E-state index in [0.29, 0.717) is 6.07 Å². The van der Waals surface area contributed by atoms with Gasteiger partial charge in [0.1, 0.15) is 5.82 Å². The molecule has 0 spiro atoms. The fraction of sp³-hybridized carbons (Fsp3) is 0.368. The van der Waals surface area contributed by atoms with Crippen LogP contribution in [0.5, 0.6) is 0 Å². The maximum Gasteiger partial charge on any atom is 0.240 e. The van der Waals surface area contributed by atoms with Crippen LogP contribution in [0.4, 0.5) is 14.6 Å². The second-order valence-corrected chi connectivity index (χ2v) is 8.49. The molecule has 0 bridgehead atoms. The molecule has 0 radical (unpaired) electrons.